The fraction of sp³-hybridized carbons (Fsp3) is 0.750. The second-order valence-electron chi connectivity index (χ2n) is 8.94. The van der Waals surface area contributed by atoms with Gasteiger partial charge >= 0.3 is 0 Å². The predicted octanol–water partition coefficient (Wildman–Crippen LogP) is 5.12. The van der Waals surface area contributed by atoms with Crippen LogP contribution in [0.3, 0.4) is 0 Å². The summed E-state index contributed by atoms with van der Waals surface area (Å²) in [7, 11) is -3.10. The molecule has 0 aliphatic carbocycles. The number of likely N-dealkylation sites (N-methyl/N-ethyl adjacent to an activating group) is 1. The minimum Gasteiger partial charge on any atom is -0.318 e. The predicted molar refractivity (Wildman–Crippen MR) is 123 cm³/mol. The Labute approximate surface area is 179 Å². The number of aryl methyl sites for hydroxylation is 1. The number of sulfonamides is 1. The van der Waals surface area contributed by atoms with Gasteiger partial charge in [0.25, 0.3) is 0 Å². The maximum Gasteiger partial charge on any atom is 0.214 e. The van der Waals surface area contributed by atoms with Gasteiger partial charge in [0.05, 0.1) is 38.5 Å². The SMILES string of the molecule is CCCCCCCCCCS(=O)(=O)N1CC[N+](CC)(Cc2ccc(C)cc2)CC1. The van der Waals surface area contributed by atoms with Crippen molar-refractivity contribution in [3.63, 3.8) is 0 Å². The fourth-order valence-electron chi connectivity index (χ4n) is 4.36. The van der Waals surface area contributed by atoms with Crippen molar-refractivity contribution in [2.45, 2.75) is 78.7 Å². The molecule has 0 radical (unpaired) electrons. The Morgan fingerprint density at radius 1 is 0.862 bits per heavy atom. The quantitative estimate of drug-likeness (QED) is 0.326. The maximum absolute atomic E-state index is 12.8. The van der Waals surface area contributed by atoms with Gasteiger partial charge in [0.1, 0.15) is 6.54 Å². The van der Waals surface area contributed by atoms with Crippen LogP contribution in [-0.4, -0.2) is 55.7 Å². The second-order valence-corrected chi connectivity index (χ2v) is 11.0. The van der Waals surface area contributed by atoms with Crippen LogP contribution >= 0.6 is 0 Å². The molecule has 0 amide bonds. The van der Waals surface area contributed by atoms with Crippen LogP contribution < -0.4 is 0 Å². The van der Waals surface area contributed by atoms with E-state index in [1.54, 1.807) is 4.31 Å². The lowest BCUT2D eigenvalue weighted by atomic mass is 10.1. The number of quaternary nitrogens is 1. The zero-order chi connectivity index (χ0) is 21.2. The van der Waals surface area contributed by atoms with E-state index in [2.05, 4.69) is 45.0 Å². The van der Waals surface area contributed by atoms with Crippen molar-refractivity contribution in [1.29, 1.82) is 0 Å². The number of hydrogen-bond donors (Lipinski definition) is 0. The first kappa shape index (κ1) is 24.4. The van der Waals surface area contributed by atoms with E-state index in [1.165, 1.54) is 49.7 Å². The molecule has 1 fully saturated rings. The fourth-order valence-corrected chi connectivity index (χ4v) is 5.91. The van der Waals surface area contributed by atoms with E-state index < -0.39 is 10.0 Å². The summed E-state index contributed by atoms with van der Waals surface area (Å²) in [6, 6.07) is 8.78. The van der Waals surface area contributed by atoms with Gasteiger partial charge in [0, 0.05) is 5.56 Å². The lowest BCUT2D eigenvalue weighted by Gasteiger charge is -2.44. The molecule has 29 heavy (non-hydrogen) atoms. The van der Waals surface area contributed by atoms with Crippen LogP contribution in [0.25, 0.3) is 0 Å². The Bertz CT molecular complexity index is 677. The van der Waals surface area contributed by atoms with E-state index in [0.717, 1.165) is 43.5 Å². The lowest BCUT2D eigenvalue weighted by Crippen LogP contribution is -2.60. The Hall–Kier alpha value is -0.910. The molecule has 1 aromatic carbocycles. The zero-order valence-electron chi connectivity index (χ0n) is 19.0. The van der Waals surface area contributed by atoms with Crippen LogP contribution in [0.5, 0.6) is 0 Å². The third kappa shape index (κ3) is 8.03. The van der Waals surface area contributed by atoms with E-state index in [4.69, 9.17) is 0 Å². The smallest absolute Gasteiger partial charge is 0.214 e. The van der Waals surface area contributed by atoms with Gasteiger partial charge < -0.3 is 4.48 Å². The first-order valence-corrected chi connectivity index (χ1v) is 13.4. The Balaban J connectivity index is 1.75. The topological polar surface area (TPSA) is 37.4 Å². The monoisotopic (exact) mass is 423 g/mol. The largest absolute Gasteiger partial charge is 0.318 e. The molecule has 1 aliphatic rings. The third-order valence-electron chi connectivity index (χ3n) is 6.61. The number of hydrogen-bond acceptors (Lipinski definition) is 2. The summed E-state index contributed by atoms with van der Waals surface area (Å²) in [5.74, 6) is 0.325. The van der Waals surface area contributed by atoms with Crippen molar-refractivity contribution in [2.24, 2.45) is 0 Å². The summed E-state index contributed by atoms with van der Waals surface area (Å²) in [4.78, 5) is 0. The maximum atomic E-state index is 12.8. The van der Waals surface area contributed by atoms with Crippen LogP contribution in [0.15, 0.2) is 24.3 Å². The Morgan fingerprint density at radius 3 is 1.97 bits per heavy atom. The summed E-state index contributed by atoms with van der Waals surface area (Å²) in [5.41, 5.74) is 2.64. The third-order valence-corrected chi connectivity index (χ3v) is 8.56. The average molecular weight is 424 g/mol. The Morgan fingerprint density at radius 2 is 1.41 bits per heavy atom. The van der Waals surface area contributed by atoms with E-state index in [-0.39, 0.29) is 0 Å². The zero-order valence-corrected chi connectivity index (χ0v) is 19.9. The average Bonchev–Trinajstić information content (AvgIpc) is 2.72. The molecular weight excluding hydrogens is 380 g/mol. The molecule has 1 aliphatic heterocycles. The molecule has 0 saturated carbocycles. The van der Waals surface area contributed by atoms with Gasteiger partial charge in [-0.15, -0.1) is 0 Å². The molecule has 0 bridgehead atoms. The van der Waals surface area contributed by atoms with Crippen molar-refractivity contribution >= 4 is 10.0 Å². The molecule has 1 aromatic rings. The summed E-state index contributed by atoms with van der Waals surface area (Å²) in [6.07, 6.45) is 9.49. The van der Waals surface area contributed by atoms with E-state index >= 15 is 0 Å². The summed E-state index contributed by atoms with van der Waals surface area (Å²) < 4.78 is 28.3. The molecule has 0 N–H and O–H groups in total. The Kier molecular flexibility index (Phi) is 10.1. The van der Waals surface area contributed by atoms with Gasteiger partial charge in [-0.25, -0.2) is 8.42 Å². The molecule has 1 heterocycles. The first-order valence-electron chi connectivity index (χ1n) is 11.8. The van der Waals surface area contributed by atoms with Gasteiger partial charge in [0.2, 0.25) is 10.0 Å². The highest BCUT2D eigenvalue weighted by molar-refractivity contribution is 7.89. The van der Waals surface area contributed by atoms with Gasteiger partial charge in [-0.3, -0.25) is 0 Å². The standard InChI is InChI=1S/C24H43N2O2S/c1-4-6-7-8-9-10-11-12-21-29(27,28)25-17-19-26(5-2,20-18-25)22-24-15-13-23(3)14-16-24/h13-16H,4-12,17-22H2,1-3H3/q+1. The number of benzene rings is 1. The molecular formula is C24H43N2O2S+. The first-order chi connectivity index (χ1) is 13.9. The summed E-state index contributed by atoms with van der Waals surface area (Å²) >= 11 is 0. The lowest BCUT2D eigenvalue weighted by molar-refractivity contribution is -0.942. The second kappa shape index (κ2) is 12.1. The number of rotatable bonds is 13. The van der Waals surface area contributed by atoms with Crippen LogP contribution in [-0.2, 0) is 16.6 Å². The van der Waals surface area contributed by atoms with E-state index in [9.17, 15) is 8.42 Å². The number of piperazine rings is 1. The highest BCUT2D eigenvalue weighted by Gasteiger charge is 2.35. The molecule has 4 nitrogen and oxygen atoms in total. The molecule has 1 saturated heterocycles. The van der Waals surface area contributed by atoms with Crippen molar-refractivity contribution in [2.75, 3.05) is 38.5 Å². The molecule has 0 aromatic heterocycles. The van der Waals surface area contributed by atoms with Crippen molar-refractivity contribution < 1.29 is 12.9 Å². The van der Waals surface area contributed by atoms with Crippen LogP contribution in [0, 0.1) is 6.92 Å². The highest BCUT2D eigenvalue weighted by atomic mass is 32.2. The van der Waals surface area contributed by atoms with Crippen LogP contribution in [0.2, 0.25) is 0 Å². The minimum absolute atomic E-state index is 0.325. The van der Waals surface area contributed by atoms with E-state index in [1.807, 2.05) is 0 Å². The molecule has 0 spiro atoms. The highest BCUT2D eigenvalue weighted by Crippen LogP contribution is 2.21. The molecule has 0 atom stereocenters. The summed E-state index contributed by atoms with van der Waals surface area (Å²) in [5, 5.41) is 0. The van der Waals surface area contributed by atoms with Crippen molar-refractivity contribution in [3.05, 3.63) is 35.4 Å². The normalized spacial score (nSPS) is 17.5. The van der Waals surface area contributed by atoms with Gasteiger partial charge in [0.15, 0.2) is 0 Å². The minimum atomic E-state index is -3.10. The number of nitrogens with zero attached hydrogens (tertiary/aromatic N) is 2. The van der Waals surface area contributed by atoms with Gasteiger partial charge in [-0.2, -0.15) is 4.31 Å². The molecule has 2 rings (SSSR count). The van der Waals surface area contributed by atoms with Crippen LogP contribution in [0.4, 0.5) is 0 Å². The van der Waals surface area contributed by atoms with Gasteiger partial charge in [-0.05, 0) is 20.3 Å². The van der Waals surface area contributed by atoms with Crippen molar-refractivity contribution in [1.82, 2.24) is 4.31 Å². The molecule has 166 valence electrons. The summed E-state index contributed by atoms with van der Waals surface area (Å²) in [6.45, 7) is 11.8. The van der Waals surface area contributed by atoms with E-state index in [0.29, 0.717) is 18.8 Å². The molecule has 5 heteroatoms. The number of unbranched alkanes of at least 4 members (excludes halogenated alkanes) is 7. The van der Waals surface area contributed by atoms with Crippen LogP contribution in [0.1, 0.15) is 76.3 Å². The van der Waals surface area contributed by atoms with Crippen molar-refractivity contribution in [3.8, 4) is 0 Å². The van der Waals surface area contributed by atoms with Gasteiger partial charge in [-0.1, -0.05) is 81.7 Å². The molecule has 0 unspecified atom stereocenters.